The highest BCUT2D eigenvalue weighted by Gasteiger charge is 2.25. The molecule has 5 heteroatoms. The van der Waals surface area contributed by atoms with Gasteiger partial charge in [0, 0.05) is 30.1 Å². The van der Waals surface area contributed by atoms with Gasteiger partial charge in [-0.1, -0.05) is 30.3 Å². The molecule has 1 N–H and O–H groups in total. The quantitative estimate of drug-likeness (QED) is 0.798. The molecular formula is C20H20N4O. The van der Waals surface area contributed by atoms with Gasteiger partial charge in [0.1, 0.15) is 12.1 Å². The fourth-order valence-corrected chi connectivity index (χ4v) is 3.36. The summed E-state index contributed by atoms with van der Waals surface area (Å²) >= 11 is 0. The van der Waals surface area contributed by atoms with Crippen molar-refractivity contribution in [1.29, 1.82) is 0 Å². The number of fused-ring (bicyclic) bond motifs is 1. The molecule has 0 bridgehead atoms. The van der Waals surface area contributed by atoms with E-state index in [2.05, 4.69) is 32.3 Å². The Labute approximate surface area is 146 Å². The number of rotatable bonds is 3. The second-order valence-corrected chi connectivity index (χ2v) is 6.33. The van der Waals surface area contributed by atoms with Crippen LogP contribution in [0.1, 0.15) is 12.8 Å². The molecule has 126 valence electrons. The highest BCUT2D eigenvalue weighted by Crippen LogP contribution is 2.25. The summed E-state index contributed by atoms with van der Waals surface area (Å²) in [5, 5.41) is 3.88. The molecule has 0 unspecified atom stereocenters. The van der Waals surface area contributed by atoms with Gasteiger partial charge in [-0.2, -0.15) is 0 Å². The molecule has 1 aliphatic heterocycles. The Morgan fingerprint density at radius 3 is 2.48 bits per heavy atom. The minimum absolute atomic E-state index is 0.0219. The van der Waals surface area contributed by atoms with Gasteiger partial charge >= 0.3 is 0 Å². The third-order valence-electron chi connectivity index (χ3n) is 4.77. The van der Waals surface area contributed by atoms with E-state index in [-0.39, 0.29) is 11.8 Å². The lowest BCUT2D eigenvalue weighted by Crippen LogP contribution is -2.38. The number of amides is 1. The summed E-state index contributed by atoms with van der Waals surface area (Å²) in [6.45, 7) is 1.79. The average Bonchev–Trinajstić information content (AvgIpc) is 2.69. The van der Waals surface area contributed by atoms with Crippen LogP contribution >= 0.6 is 0 Å². The van der Waals surface area contributed by atoms with Crippen molar-refractivity contribution < 1.29 is 4.79 Å². The molecule has 0 radical (unpaired) electrons. The first kappa shape index (κ1) is 15.6. The Morgan fingerprint density at radius 1 is 0.960 bits per heavy atom. The average molecular weight is 332 g/mol. The summed E-state index contributed by atoms with van der Waals surface area (Å²) in [6, 6.07) is 18.1. The van der Waals surface area contributed by atoms with Crippen molar-refractivity contribution in [2.24, 2.45) is 5.92 Å². The molecule has 4 rings (SSSR count). The van der Waals surface area contributed by atoms with Gasteiger partial charge in [0.2, 0.25) is 5.91 Å². The number of carbonyl (C=O) groups excluding carboxylic acids is 1. The molecule has 1 aromatic heterocycles. The number of nitrogens with zero attached hydrogens (tertiary/aromatic N) is 3. The van der Waals surface area contributed by atoms with Gasteiger partial charge in [-0.05, 0) is 37.1 Å². The summed E-state index contributed by atoms with van der Waals surface area (Å²) in [5.74, 6) is 0.673. The molecular weight excluding hydrogens is 312 g/mol. The number of para-hydroxylation sites is 2. The standard InChI is InChI=1S/C20H20N4O/c25-20(23-19-17-8-4-5-9-18(17)21-14-22-19)15-10-12-24(13-11-15)16-6-2-1-3-7-16/h1-9,14-15H,10-13H2,(H,21,22,23,25). The van der Waals surface area contributed by atoms with E-state index in [0.29, 0.717) is 5.82 Å². The lowest BCUT2D eigenvalue weighted by molar-refractivity contribution is -0.120. The van der Waals surface area contributed by atoms with Crippen molar-refractivity contribution in [2.45, 2.75) is 12.8 Å². The zero-order chi connectivity index (χ0) is 17.1. The first-order valence-electron chi connectivity index (χ1n) is 8.62. The second kappa shape index (κ2) is 6.89. The monoisotopic (exact) mass is 332 g/mol. The molecule has 5 nitrogen and oxygen atoms in total. The fourth-order valence-electron chi connectivity index (χ4n) is 3.36. The van der Waals surface area contributed by atoms with Crippen LogP contribution in [0, 0.1) is 5.92 Å². The number of nitrogens with one attached hydrogen (secondary N) is 1. The van der Waals surface area contributed by atoms with Gasteiger partial charge in [0.05, 0.1) is 5.52 Å². The van der Waals surface area contributed by atoms with E-state index in [4.69, 9.17) is 0 Å². The van der Waals surface area contributed by atoms with Gasteiger partial charge in [-0.25, -0.2) is 9.97 Å². The largest absolute Gasteiger partial charge is 0.371 e. The van der Waals surface area contributed by atoms with Crippen molar-refractivity contribution in [3.8, 4) is 0 Å². The van der Waals surface area contributed by atoms with Crippen molar-refractivity contribution in [2.75, 3.05) is 23.3 Å². The third kappa shape index (κ3) is 3.31. The van der Waals surface area contributed by atoms with E-state index in [9.17, 15) is 4.79 Å². The second-order valence-electron chi connectivity index (χ2n) is 6.33. The molecule has 0 spiro atoms. The zero-order valence-electron chi connectivity index (χ0n) is 13.9. The van der Waals surface area contributed by atoms with Crippen LogP contribution in [0.5, 0.6) is 0 Å². The van der Waals surface area contributed by atoms with Crippen LogP contribution in [0.25, 0.3) is 10.9 Å². The van der Waals surface area contributed by atoms with Crippen LogP contribution in [0.4, 0.5) is 11.5 Å². The predicted octanol–water partition coefficient (Wildman–Crippen LogP) is 3.48. The highest BCUT2D eigenvalue weighted by molar-refractivity contribution is 5.99. The summed E-state index contributed by atoms with van der Waals surface area (Å²) in [4.78, 5) is 23.5. The van der Waals surface area contributed by atoms with E-state index in [0.717, 1.165) is 36.8 Å². The molecule has 1 fully saturated rings. The molecule has 2 aromatic carbocycles. The molecule has 0 atom stereocenters. The molecule has 25 heavy (non-hydrogen) atoms. The molecule has 1 saturated heterocycles. The molecule has 1 amide bonds. The number of hydrogen-bond donors (Lipinski definition) is 1. The normalized spacial score (nSPS) is 15.3. The van der Waals surface area contributed by atoms with Crippen LogP contribution in [0.2, 0.25) is 0 Å². The van der Waals surface area contributed by atoms with Crippen LogP contribution < -0.4 is 10.2 Å². The molecule has 0 saturated carbocycles. The minimum Gasteiger partial charge on any atom is -0.371 e. The number of anilines is 2. The molecule has 2 heterocycles. The topological polar surface area (TPSA) is 58.1 Å². The Morgan fingerprint density at radius 2 is 1.68 bits per heavy atom. The summed E-state index contributed by atoms with van der Waals surface area (Å²) < 4.78 is 0. The van der Waals surface area contributed by atoms with E-state index in [1.807, 2.05) is 42.5 Å². The molecule has 0 aliphatic carbocycles. The highest BCUT2D eigenvalue weighted by atomic mass is 16.1. The zero-order valence-corrected chi connectivity index (χ0v) is 13.9. The summed E-state index contributed by atoms with van der Waals surface area (Å²) in [5.41, 5.74) is 2.06. The Balaban J connectivity index is 1.42. The van der Waals surface area contributed by atoms with E-state index < -0.39 is 0 Å². The number of aromatic nitrogens is 2. The first-order valence-corrected chi connectivity index (χ1v) is 8.62. The number of benzene rings is 2. The number of hydrogen-bond acceptors (Lipinski definition) is 4. The van der Waals surface area contributed by atoms with Gasteiger partial charge in [0.15, 0.2) is 0 Å². The molecule has 1 aliphatic rings. The van der Waals surface area contributed by atoms with Crippen LogP contribution in [0.15, 0.2) is 60.9 Å². The van der Waals surface area contributed by atoms with Crippen molar-refractivity contribution in [1.82, 2.24) is 9.97 Å². The predicted molar refractivity (Wildman–Crippen MR) is 99.5 cm³/mol. The lowest BCUT2D eigenvalue weighted by atomic mass is 9.95. The van der Waals surface area contributed by atoms with Crippen LogP contribution in [0.3, 0.4) is 0 Å². The van der Waals surface area contributed by atoms with Gasteiger partial charge in [-0.15, -0.1) is 0 Å². The van der Waals surface area contributed by atoms with Crippen molar-refractivity contribution in [3.63, 3.8) is 0 Å². The maximum absolute atomic E-state index is 12.7. The van der Waals surface area contributed by atoms with Crippen molar-refractivity contribution in [3.05, 3.63) is 60.9 Å². The Hall–Kier alpha value is -2.95. The van der Waals surface area contributed by atoms with E-state index >= 15 is 0 Å². The van der Waals surface area contributed by atoms with Gasteiger partial charge < -0.3 is 10.2 Å². The number of carbonyl (C=O) groups is 1. The summed E-state index contributed by atoms with van der Waals surface area (Å²) in [7, 11) is 0. The van der Waals surface area contributed by atoms with E-state index in [1.165, 1.54) is 12.0 Å². The minimum atomic E-state index is 0.0219. The van der Waals surface area contributed by atoms with Crippen LogP contribution in [-0.4, -0.2) is 29.0 Å². The Bertz CT molecular complexity index is 868. The van der Waals surface area contributed by atoms with Gasteiger partial charge in [0.25, 0.3) is 0 Å². The van der Waals surface area contributed by atoms with Gasteiger partial charge in [-0.3, -0.25) is 4.79 Å². The lowest BCUT2D eigenvalue weighted by Gasteiger charge is -2.33. The number of piperidine rings is 1. The summed E-state index contributed by atoms with van der Waals surface area (Å²) in [6.07, 6.45) is 3.20. The smallest absolute Gasteiger partial charge is 0.228 e. The first-order chi connectivity index (χ1) is 12.3. The van der Waals surface area contributed by atoms with E-state index in [1.54, 1.807) is 0 Å². The third-order valence-corrected chi connectivity index (χ3v) is 4.77. The van der Waals surface area contributed by atoms with Crippen LogP contribution in [-0.2, 0) is 4.79 Å². The Kier molecular flexibility index (Phi) is 4.29. The van der Waals surface area contributed by atoms with Crippen molar-refractivity contribution >= 4 is 28.3 Å². The maximum atomic E-state index is 12.7. The fraction of sp³-hybridized carbons (Fsp3) is 0.250. The maximum Gasteiger partial charge on any atom is 0.228 e. The molecule has 3 aromatic rings. The SMILES string of the molecule is O=C(Nc1ncnc2ccccc12)C1CCN(c2ccccc2)CC1.